The topological polar surface area (TPSA) is 49.4 Å². The Morgan fingerprint density at radius 2 is 2.05 bits per heavy atom. The van der Waals surface area contributed by atoms with Gasteiger partial charge in [0.1, 0.15) is 0 Å². The van der Waals surface area contributed by atoms with Gasteiger partial charge in [0, 0.05) is 19.1 Å². The van der Waals surface area contributed by atoms with Crippen molar-refractivity contribution in [3.05, 3.63) is 28.2 Å². The first-order valence-electron chi connectivity index (χ1n) is 6.08. The maximum atomic E-state index is 12.6. The quantitative estimate of drug-likeness (QED) is 0.899. The van der Waals surface area contributed by atoms with Crippen molar-refractivity contribution in [3.8, 4) is 0 Å². The number of sulfonamides is 1. The fourth-order valence-corrected chi connectivity index (χ4v) is 4.42. The smallest absolute Gasteiger partial charge is 0.243 e. The van der Waals surface area contributed by atoms with Crippen LogP contribution in [0.25, 0.3) is 0 Å². The van der Waals surface area contributed by atoms with Crippen LogP contribution in [0.3, 0.4) is 0 Å². The highest BCUT2D eigenvalue weighted by Crippen LogP contribution is 2.30. The minimum atomic E-state index is -3.50. The molecule has 1 aliphatic heterocycles. The van der Waals surface area contributed by atoms with Crippen LogP contribution in [0.2, 0.25) is 10.0 Å². The van der Waals surface area contributed by atoms with Gasteiger partial charge >= 0.3 is 0 Å². The van der Waals surface area contributed by atoms with Gasteiger partial charge in [0.15, 0.2) is 0 Å². The monoisotopic (exact) mass is 358 g/mol. The van der Waals surface area contributed by atoms with E-state index in [1.54, 1.807) is 4.31 Å². The van der Waals surface area contributed by atoms with Crippen LogP contribution in [0, 0.1) is 0 Å². The minimum absolute atomic E-state index is 0. The minimum Gasteiger partial charge on any atom is -0.318 e. The summed E-state index contributed by atoms with van der Waals surface area (Å²) in [7, 11) is -1.68. The first kappa shape index (κ1) is 18.0. The van der Waals surface area contributed by atoms with E-state index < -0.39 is 10.0 Å². The molecule has 0 saturated carbocycles. The number of nitrogens with one attached hydrogen (secondary N) is 1. The Bertz CT molecular complexity index is 566. The van der Waals surface area contributed by atoms with Crippen LogP contribution in [0.1, 0.15) is 12.8 Å². The molecule has 1 fully saturated rings. The van der Waals surface area contributed by atoms with E-state index in [0.29, 0.717) is 18.1 Å². The number of nitrogens with zero attached hydrogens (tertiary/aromatic N) is 1. The van der Waals surface area contributed by atoms with Crippen LogP contribution in [0.5, 0.6) is 0 Å². The predicted molar refractivity (Wildman–Crippen MR) is 84.6 cm³/mol. The van der Waals surface area contributed by atoms with Crippen LogP contribution in [-0.2, 0) is 10.0 Å². The average molecular weight is 360 g/mol. The second-order valence-electron chi connectivity index (χ2n) is 4.55. The van der Waals surface area contributed by atoms with E-state index in [1.807, 2.05) is 7.05 Å². The third-order valence-electron chi connectivity index (χ3n) is 3.26. The van der Waals surface area contributed by atoms with Crippen molar-refractivity contribution < 1.29 is 8.42 Å². The summed E-state index contributed by atoms with van der Waals surface area (Å²) in [6, 6.07) is 4.43. The summed E-state index contributed by atoms with van der Waals surface area (Å²) in [4.78, 5) is 0.199. The third kappa shape index (κ3) is 3.59. The van der Waals surface area contributed by atoms with E-state index in [4.69, 9.17) is 23.2 Å². The van der Waals surface area contributed by atoms with Gasteiger partial charge in [-0.15, -0.1) is 12.4 Å². The first-order chi connectivity index (χ1) is 8.96. The molecular weight excluding hydrogens is 343 g/mol. The number of halogens is 3. The Morgan fingerprint density at radius 1 is 1.35 bits per heavy atom. The summed E-state index contributed by atoms with van der Waals surface area (Å²) in [5.74, 6) is 0. The normalized spacial score (nSPS) is 19.9. The predicted octanol–water partition coefficient (Wildman–Crippen LogP) is 2.79. The van der Waals surface area contributed by atoms with Crippen molar-refractivity contribution in [1.82, 2.24) is 9.62 Å². The van der Waals surface area contributed by atoms with Crippen LogP contribution in [0.4, 0.5) is 0 Å². The Balaban J connectivity index is 0.00000200. The second kappa shape index (κ2) is 7.29. The van der Waals surface area contributed by atoms with Gasteiger partial charge in [0.05, 0.1) is 14.9 Å². The summed E-state index contributed by atoms with van der Waals surface area (Å²) in [5.41, 5.74) is 0. The molecule has 20 heavy (non-hydrogen) atoms. The molecule has 1 unspecified atom stereocenters. The van der Waals surface area contributed by atoms with Gasteiger partial charge in [0.2, 0.25) is 10.0 Å². The van der Waals surface area contributed by atoms with E-state index in [9.17, 15) is 8.42 Å². The molecule has 2 rings (SSSR count). The number of rotatable bonds is 4. The number of hydrogen-bond donors (Lipinski definition) is 1. The maximum Gasteiger partial charge on any atom is 0.243 e. The lowest BCUT2D eigenvalue weighted by Crippen LogP contribution is -2.40. The van der Waals surface area contributed by atoms with Gasteiger partial charge in [0.25, 0.3) is 0 Å². The van der Waals surface area contributed by atoms with Crippen LogP contribution >= 0.6 is 35.6 Å². The molecule has 4 nitrogen and oxygen atoms in total. The lowest BCUT2D eigenvalue weighted by atomic mass is 10.2. The summed E-state index contributed by atoms with van der Waals surface area (Å²) in [6.45, 7) is 1.20. The van der Waals surface area contributed by atoms with Crippen molar-refractivity contribution in [1.29, 1.82) is 0 Å². The highest BCUT2D eigenvalue weighted by molar-refractivity contribution is 7.89. The summed E-state index contributed by atoms with van der Waals surface area (Å²) < 4.78 is 26.7. The summed E-state index contributed by atoms with van der Waals surface area (Å²) >= 11 is 11.7. The highest BCUT2D eigenvalue weighted by atomic mass is 35.5. The molecule has 1 aromatic rings. The molecule has 1 N–H and O–H groups in total. The van der Waals surface area contributed by atoms with Gasteiger partial charge in [-0.1, -0.05) is 23.2 Å². The van der Waals surface area contributed by atoms with Gasteiger partial charge in [-0.05, 0) is 38.1 Å². The highest BCUT2D eigenvalue weighted by Gasteiger charge is 2.34. The molecule has 0 radical (unpaired) electrons. The second-order valence-corrected chi connectivity index (χ2v) is 7.25. The fraction of sp³-hybridized carbons (Fsp3) is 0.500. The van der Waals surface area contributed by atoms with E-state index >= 15 is 0 Å². The fourth-order valence-electron chi connectivity index (χ4n) is 2.34. The zero-order chi connectivity index (χ0) is 14.0. The van der Waals surface area contributed by atoms with E-state index in [1.165, 1.54) is 18.2 Å². The standard InChI is InChI=1S/C12H16Cl2N2O2S.ClH/c1-15-8-9-3-2-6-16(9)19(17,18)10-4-5-11(13)12(14)7-10;/h4-5,7,9,15H,2-3,6,8H2,1H3;1H. The molecule has 0 bridgehead atoms. The lowest BCUT2D eigenvalue weighted by molar-refractivity contribution is 0.379. The molecule has 1 aliphatic rings. The summed E-state index contributed by atoms with van der Waals surface area (Å²) in [6.07, 6.45) is 1.76. The molecule has 1 atom stereocenters. The van der Waals surface area contributed by atoms with Crippen molar-refractivity contribution in [2.75, 3.05) is 20.1 Å². The zero-order valence-corrected chi connectivity index (χ0v) is 14.1. The van der Waals surface area contributed by atoms with Gasteiger partial charge in [-0.25, -0.2) is 8.42 Å². The van der Waals surface area contributed by atoms with Crippen LogP contribution in [-0.4, -0.2) is 38.9 Å². The molecule has 1 aromatic carbocycles. The average Bonchev–Trinajstić information content (AvgIpc) is 2.82. The van der Waals surface area contributed by atoms with Crippen molar-refractivity contribution in [2.45, 2.75) is 23.8 Å². The Kier molecular flexibility index (Phi) is 6.57. The molecule has 0 amide bonds. The van der Waals surface area contributed by atoms with Gasteiger partial charge in [-0.2, -0.15) is 4.31 Å². The summed E-state index contributed by atoms with van der Waals surface area (Å²) in [5, 5.41) is 3.64. The Labute approximate surface area is 135 Å². The number of likely N-dealkylation sites (N-methyl/N-ethyl adjacent to an activating group) is 1. The number of hydrogen-bond acceptors (Lipinski definition) is 3. The Hall–Kier alpha value is -0.0400. The lowest BCUT2D eigenvalue weighted by Gasteiger charge is -2.24. The SMILES string of the molecule is CNCC1CCCN1S(=O)(=O)c1ccc(Cl)c(Cl)c1.Cl. The van der Waals surface area contributed by atoms with E-state index in [0.717, 1.165) is 12.8 Å². The largest absolute Gasteiger partial charge is 0.318 e. The molecule has 1 saturated heterocycles. The van der Waals surface area contributed by atoms with Crippen LogP contribution in [0.15, 0.2) is 23.1 Å². The maximum absolute atomic E-state index is 12.6. The molecule has 0 aromatic heterocycles. The van der Waals surface area contributed by atoms with Crippen molar-refractivity contribution >= 4 is 45.6 Å². The third-order valence-corrected chi connectivity index (χ3v) is 5.95. The molecule has 0 aliphatic carbocycles. The first-order valence-corrected chi connectivity index (χ1v) is 8.28. The van der Waals surface area contributed by atoms with Crippen molar-refractivity contribution in [3.63, 3.8) is 0 Å². The van der Waals surface area contributed by atoms with Gasteiger partial charge in [-0.3, -0.25) is 0 Å². The molecular formula is C12H17Cl3N2O2S. The van der Waals surface area contributed by atoms with Crippen LogP contribution < -0.4 is 5.32 Å². The zero-order valence-electron chi connectivity index (χ0n) is 11.0. The molecule has 114 valence electrons. The van der Waals surface area contributed by atoms with E-state index in [-0.39, 0.29) is 28.4 Å². The van der Waals surface area contributed by atoms with Crippen molar-refractivity contribution in [2.24, 2.45) is 0 Å². The van der Waals surface area contributed by atoms with Gasteiger partial charge < -0.3 is 5.32 Å². The molecule has 8 heteroatoms. The molecule has 0 spiro atoms. The number of benzene rings is 1. The molecule has 1 heterocycles. The Morgan fingerprint density at radius 3 is 2.65 bits per heavy atom. The van der Waals surface area contributed by atoms with E-state index in [2.05, 4.69) is 5.32 Å².